The number of hydrogen-bond acceptors (Lipinski definition) is 3. The quantitative estimate of drug-likeness (QED) is 0.660. The number of fused-ring (bicyclic) bond motifs is 1. The maximum Gasteiger partial charge on any atom is 0.342 e. The number of benzene rings is 1. The summed E-state index contributed by atoms with van der Waals surface area (Å²) < 4.78 is 10.4. The van der Waals surface area contributed by atoms with E-state index in [1.807, 2.05) is 26.0 Å². The number of cyclic esters (lactones) is 1. The molecule has 3 nitrogen and oxygen atoms in total. The number of aryl methyl sites for hydroxylation is 1. The van der Waals surface area contributed by atoms with Gasteiger partial charge in [0.1, 0.15) is 17.4 Å². The van der Waals surface area contributed by atoms with Gasteiger partial charge < -0.3 is 9.47 Å². The van der Waals surface area contributed by atoms with Crippen molar-refractivity contribution in [3.8, 4) is 5.75 Å². The summed E-state index contributed by atoms with van der Waals surface area (Å²) in [6, 6.07) is 3.95. The van der Waals surface area contributed by atoms with E-state index in [0.29, 0.717) is 11.3 Å². The van der Waals surface area contributed by atoms with Gasteiger partial charge in [-0.2, -0.15) is 0 Å². The number of carbonyl (C=O) groups excluding carboxylic acids is 1. The Hall–Kier alpha value is -1.51. The van der Waals surface area contributed by atoms with Crippen LogP contribution in [-0.2, 0) is 11.2 Å². The number of rotatable bonds is 1. The highest BCUT2D eigenvalue weighted by Crippen LogP contribution is 2.31. The summed E-state index contributed by atoms with van der Waals surface area (Å²) in [6.45, 7) is 3.82. The molecule has 0 saturated carbocycles. The lowest BCUT2D eigenvalue weighted by molar-refractivity contribution is 0.0296. The van der Waals surface area contributed by atoms with Crippen molar-refractivity contribution in [3.63, 3.8) is 0 Å². The van der Waals surface area contributed by atoms with Crippen LogP contribution in [0.2, 0.25) is 0 Å². The van der Waals surface area contributed by atoms with E-state index in [9.17, 15) is 4.79 Å². The van der Waals surface area contributed by atoms with Crippen LogP contribution >= 0.6 is 0 Å². The second-order valence-electron chi connectivity index (χ2n) is 3.87. The molecule has 80 valence electrons. The Morgan fingerprint density at radius 3 is 2.87 bits per heavy atom. The SMILES string of the molecule is COc1c(C)ccc2c1C(=O)OC(C)C2. The zero-order chi connectivity index (χ0) is 11.0. The molecule has 1 heterocycles. The highest BCUT2D eigenvalue weighted by molar-refractivity contribution is 5.95. The minimum atomic E-state index is -0.274. The Kier molecular flexibility index (Phi) is 2.39. The lowest BCUT2D eigenvalue weighted by atomic mass is 9.96. The first-order valence-corrected chi connectivity index (χ1v) is 5.01. The molecule has 0 fully saturated rings. The summed E-state index contributed by atoms with van der Waals surface area (Å²) in [7, 11) is 1.58. The third-order valence-electron chi connectivity index (χ3n) is 2.66. The Balaban J connectivity index is 2.60. The summed E-state index contributed by atoms with van der Waals surface area (Å²) in [4.78, 5) is 11.7. The normalized spacial score (nSPS) is 19.4. The molecule has 0 radical (unpaired) electrons. The smallest absolute Gasteiger partial charge is 0.342 e. The Morgan fingerprint density at radius 1 is 1.47 bits per heavy atom. The first kappa shape index (κ1) is 10.0. The van der Waals surface area contributed by atoms with Crippen molar-refractivity contribution in [1.29, 1.82) is 0 Å². The van der Waals surface area contributed by atoms with Crippen LogP contribution in [0.1, 0.15) is 28.4 Å². The van der Waals surface area contributed by atoms with Gasteiger partial charge in [0.25, 0.3) is 0 Å². The first-order valence-electron chi connectivity index (χ1n) is 5.01. The second-order valence-corrected chi connectivity index (χ2v) is 3.87. The van der Waals surface area contributed by atoms with E-state index in [-0.39, 0.29) is 12.1 Å². The molecular weight excluding hydrogens is 192 g/mol. The van der Waals surface area contributed by atoms with E-state index in [2.05, 4.69) is 0 Å². The summed E-state index contributed by atoms with van der Waals surface area (Å²) >= 11 is 0. The van der Waals surface area contributed by atoms with Crippen LogP contribution in [0.3, 0.4) is 0 Å². The molecule has 0 bridgehead atoms. The summed E-state index contributed by atoms with van der Waals surface area (Å²) in [6.07, 6.45) is 0.718. The molecule has 1 aliphatic rings. The molecular formula is C12H14O3. The molecule has 3 heteroatoms. The number of hydrogen-bond donors (Lipinski definition) is 0. The van der Waals surface area contributed by atoms with Gasteiger partial charge in [-0.05, 0) is 25.0 Å². The standard InChI is InChI=1S/C12H14O3/c1-7-4-5-9-6-8(2)15-12(13)10(9)11(7)14-3/h4-5,8H,6H2,1-3H3. The van der Waals surface area contributed by atoms with E-state index in [1.54, 1.807) is 7.11 Å². The zero-order valence-corrected chi connectivity index (χ0v) is 9.16. The summed E-state index contributed by atoms with van der Waals surface area (Å²) in [5.41, 5.74) is 2.57. The summed E-state index contributed by atoms with van der Waals surface area (Å²) in [5.74, 6) is 0.369. The lowest BCUT2D eigenvalue weighted by Crippen LogP contribution is -2.25. The predicted molar refractivity (Wildman–Crippen MR) is 56.3 cm³/mol. The lowest BCUT2D eigenvalue weighted by Gasteiger charge is -2.23. The largest absolute Gasteiger partial charge is 0.496 e. The molecule has 0 saturated heterocycles. The number of esters is 1. The molecule has 1 aromatic rings. The van der Waals surface area contributed by atoms with Crippen LogP contribution in [0, 0.1) is 6.92 Å². The Morgan fingerprint density at radius 2 is 2.20 bits per heavy atom. The van der Waals surface area contributed by atoms with Crippen molar-refractivity contribution in [2.24, 2.45) is 0 Å². The van der Waals surface area contributed by atoms with Crippen molar-refractivity contribution < 1.29 is 14.3 Å². The molecule has 0 N–H and O–H groups in total. The van der Waals surface area contributed by atoms with Crippen LogP contribution in [0.4, 0.5) is 0 Å². The summed E-state index contributed by atoms with van der Waals surface area (Å²) in [5, 5.41) is 0. The van der Waals surface area contributed by atoms with Gasteiger partial charge in [-0.15, -0.1) is 0 Å². The number of carbonyl (C=O) groups is 1. The van der Waals surface area contributed by atoms with Gasteiger partial charge in [-0.3, -0.25) is 0 Å². The van der Waals surface area contributed by atoms with Crippen LogP contribution in [0.25, 0.3) is 0 Å². The van der Waals surface area contributed by atoms with Crippen molar-refractivity contribution in [3.05, 3.63) is 28.8 Å². The van der Waals surface area contributed by atoms with Gasteiger partial charge in [0.2, 0.25) is 0 Å². The average Bonchev–Trinajstić information content (AvgIpc) is 2.18. The molecule has 0 aliphatic carbocycles. The second kappa shape index (κ2) is 3.57. The molecule has 0 aromatic heterocycles. The molecule has 1 unspecified atom stereocenters. The molecule has 0 spiro atoms. The minimum absolute atomic E-state index is 0.0441. The van der Waals surface area contributed by atoms with Crippen LogP contribution in [-0.4, -0.2) is 19.2 Å². The van der Waals surface area contributed by atoms with Gasteiger partial charge in [0.15, 0.2) is 0 Å². The van der Waals surface area contributed by atoms with Crippen LogP contribution in [0.15, 0.2) is 12.1 Å². The van der Waals surface area contributed by atoms with Crippen molar-refractivity contribution in [2.75, 3.05) is 7.11 Å². The van der Waals surface area contributed by atoms with Gasteiger partial charge in [0.05, 0.1) is 7.11 Å². The van der Waals surface area contributed by atoms with E-state index in [1.165, 1.54) is 0 Å². The number of methoxy groups -OCH3 is 1. The molecule has 0 amide bonds. The molecule has 1 aromatic carbocycles. The van der Waals surface area contributed by atoms with Crippen LogP contribution in [0.5, 0.6) is 5.75 Å². The molecule has 1 aliphatic heterocycles. The predicted octanol–water partition coefficient (Wildman–Crippen LogP) is 2.11. The highest BCUT2D eigenvalue weighted by Gasteiger charge is 2.27. The number of ether oxygens (including phenoxy) is 2. The fourth-order valence-corrected chi connectivity index (χ4v) is 1.98. The highest BCUT2D eigenvalue weighted by atomic mass is 16.5. The van der Waals surface area contributed by atoms with Crippen molar-refractivity contribution in [2.45, 2.75) is 26.4 Å². The maximum absolute atomic E-state index is 11.7. The minimum Gasteiger partial charge on any atom is -0.496 e. The monoisotopic (exact) mass is 206 g/mol. The topological polar surface area (TPSA) is 35.5 Å². The Bertz CT molecular complexity index is 410. The van der Waals surface area contributed by atoms with Crippen molar-refractivity contribution >= 4 is 5.97 Å². The molecule has 15 heavy (non-hydrogen) atoms. The van der Waals surface area contributed by atoms with E-state index >= 15 is 0 Å². The molecule has 1 atom stereocenters. The van der Waals surface area contributed by atoms with Gasteiger partial charge in [-0.1, -0.05) is 12.1 Å². The zero-order valence-electron chi connectivity index (χ0n) is 9.16. The fourth-order valence-electron chi connectivity index (χ4n) is 1.98. The fraction of sp³-hybridized carbons (Fsp3) is 0.417. The van der Waals surface area contributed by atoms with Crippen LogP contribution < -0.4 is 4.74 Å². The Labute approximate surface area is 89.0 Å². The van der Waals surface area contributed by atoms with Gasteiger partial charge in [0, 0.05) is 6.42 Å². The van der Waals surface area contributed by atoms with E-state index in [0.717, 1.165) is 17.5 Å². The first-order chi connectivity index (χ1) is 7.13. The van der Waals surface area contributed by atoms with Gasteiger partial charge in [-0.25, -0.2) is 4.79 Å². The van der Waals surface area contributed by atoms with Gasteiger partial charge >= 0.3 is 5.97 Å². The third kappa shape index (κ3) is 1.58. The molecule has 2 rings (SSSR count). The van der Waals surface area contributed by atoms with E-state index in [4.69, 9.17) is 9.47 Å². The van der Waals surface area contributed by atoms with Crippen molar-refractivity contribution in [1.82, 2.24) is 0 Å². The van der Waals surface area contributed by atoms with E-state index < -0.39 is 0 Å². The third-order valence-corrected chi connectivity index (χ3v) is 2.66. The average molecular weight is 206 g/mol. The maximum atomic E-state index is 11.7.